The summed E-state index contributed by atoms with van der Waals surface area (Å²) in [5, 5.41) is 13.9. The molecule has 0 aliphatic carbocycles. The first kappa shape index (κ1) is 18.1. The molecule has 0 aliphatic rings. The summed E-state index contributed by atoms with van der Waals surface area (Å²) < 4.78 is 0. The Bertz CT molecular complexity index is 695. The maximum Gasteiger partial charge on any atom is 0.355 e. The summed E-state index contributed by atoms with van der Waals surface area (Å²) in [6.07, 6.45) is 1.77. The highest BCUT2D eigenvalue weighted by Gasteiger charge is 2.21. The first-order valence-electron chi connectivity index (χ1n) is 7.88. The molecule has 5 nitrogen and oxygen atoms in total. The highest BCUT2D eigenvalue weighted by Crippen LogP contribution is 2.27. The van der Waals surface area contributed by atoms with Gasteiger partial charge in [0.2, 0.25) is 5.91 Å². The number of hydrogen-bond donors (Lipinski definition) is 2. The van der Waals surface area contributed by atoms with Crippen LogP contribution in [0.25, 0.3) is 0 Å². The lowest BCUT2D eigenvalue weighted by Gasteiger charge is -2.25. The number of amides is 1. The average Bonchev–Trinajstić information content (AvgIpc) is 3.03. The number of carboxylic acids is 1. The van der Waals surface area contributed by atoms with E-state index in [1.165, 1.54) is 22.3 Å². The number of nitrogens with zero attached hydrogens (tertiary/aromatic N) is 1. The monoisotopic (exact) mass is 346 g/mol. The van der Waals surface area contributed by atoms with Gasteiger partial charge < -0.3 is 10.4 Å². The summed E-state index contributed by atoms with van der Waals surface area (Å²) in [7, 11) is 0. The summed E-state index contributed by atoms with van der Waals surface area (Å²) in [5.41, 5.74) is 1.23. The second-order valence-electron chi connectivity index (χ2n) is 6.28. The van der Waals surface area contributed by atoms with Crippen molar-refractivity contribution in [3.63, 3.8) is 0 Å². The van der Waals surface area contributed by atoms with Crippen LogP contribution in [-0.4, -0.2) is 28.5 Å². The number of aromatic nitrogens is 1. The first-order valence-corrected chi connectivity index (χ1v) is 8.76. The van der Waals surface area contributed by atoms with Crippen LogP contribution in [0.3, 0.4) is 0 Å². The molecule has 1 aromatic heterocycles. The molecule has 0 bridgehead atoms. The third kappa shape index (κ3) is 5.16. The molecule has 1 amide bonds. The lowest BCUT2D eigenvalue weighted by molar-refractivity contribution is -0.121. The van der Waals surface area contributed by atoms with Crippen molar-refractivity contribution < 1.29 is 14.7 Å². The van der Waals surface area contributed by atoms with Crippen molar-refractivity contribution in [2.75, 3.05) is 6.54 Å². The van der Waals surface area contributed by atoms with Crippen LogP contribution >= 0.6 is 11.3 Å². The Morgan fingerprint density at radius 1 is 1.25 bits per heavy atom. The van der Waals surface area contributed by atoms with E-state index in [4.69, 9.17) is 5.11 Å². The van der Waals surface area contributed by atoms with Crippen LogP contribution in [0.4, 0.5) is 0 Å². The third-order valence-electron chi connectivity index (χ3n) is 3.96. The van der Waals surface area contributed by atoms with Gasteiger partial charge in [0.15, 0.2) is 5.69 Å². The van der Waals surface area contributed by atoms with Gasteiger partial charge in [-0.25, -0.2) is 9.78 Å². The molecule has 0 radical (unpaired) electrons. The van der Waals surface area contributed by atoms with Gasteiger partial charge in [0.25, 0.3) is 0 Å². The molecule has 0 fully saturated rings. The van der Waals surface area contributed by atoms with Crippen LogP contribution in [0.15, 0.2) is 35.7 Å². The molecule has 0 saturated heterocycles. The fourth-order valence-electron chi connectivity index (χ4n) is 2.38. The Hall–Kier alpha value is -2.21. The molecular weight excluding hydrogens is 324 g/mol. The SMILES string of the molecule is CC(C)(CCC(=O)NCCc1nc(C(=O)O)cs1)c1ccccc1. The quantitative estimate of drug-likeness (QED) is 0.769. The number of thiazole rings is 1. The van der Waals surface area contributed by atoms with Crippen LogP contribution in [0.2, 0.25) is 0 Å². The van der Waals surface area contributed by atoms with Crippen molar-refractivity contribution in [1.29, 1.82) is 0 Å². The van der Waals surface area contributed by atoms with Crippen LogP contribution in [0.1, 0.15) is 47.7 Å². The molecular formula is C18H22N2O3S. The van der Waals surface area contributed by atoms with Gasteiger partial charge in [0, 0.05) is 24.8 Å². The van der Waals surface area contributed by atoms with Crippen molar-refractivity contribution >= 4 is 23.2 Å². The normalized spacial score (nSPS) is 11.2. The van der Waals surface area contributed by atoms with Gasteiger partial charge in [-0.05, 0) is 17.4 Å². The third-order valence-corrected chi connectivity index (χ3v) is 4.87. The maximum atomic E-state index is 12.0. The Morgan fingerprint density at radius 3 is 2.58 bits per heavy atom. The standard InChI is InChI=1S/C18H22N2O3S/c1-18(2,13-6-4-3-5-7-13)10-8-15(21)19-11-9-16-20-14(12-24-16)17(22)23/h3-7,12H,8-11H2,1-2H3,(H,19,21)(H,22,23). The molecule has 0 atom stereocenters. The van der Waals surface area contributed by atoms with Crippen LogP contribution in [0.5, 0.6) is 0 Å². The summed E-state index contributed by atoms with van der Waals surface area (Å²) in [6.45, 7) is 4.74. The van der Waals surface area contributed by atoms with Gasteiger partial charge in [0.05, 0.1) is 5.01 Å². The van der Waals surface area contributed by atoms with E-state index in [1.54, 1.807) is 0 Å². The summed E-state index contributed by atoms with van der Waals surface area (Å²) in [4.78, 5) is 26.8. The number of nitrogens with one attached hydrogen (secondary N) is 1. The Labute approximate surface area is 145 Å². The number of carbonyl (C=O) groups is 2. The zero-order valence-corrected chi connectivity index (χ0v) is 14.7. The second-order valence-corrected chi connectivity index (χ2v) is 7.22. The van der Waals surface area contributed by atoms with E-state index in [0.29, 0.717) is 19.4 Å². The molecule has 6 heteroatoms. The minimum Gasteiger partial charge on any atom is -0.476 e. The largest absolute Gasteiger partial charge is 0.476 e. The molecule has 2 rings (SSSR count). The van der Waals surface area contributed by atoms with Gasteiger partial charge >= 0.3 is 5.97 Å². The number of carbonyl (C=O) groups excluding carboxylic acids is 1. The van der Waals surface area contributed by atoms with Crippen molar-refractivity contribution in [2.24, 2.45) is 0 Å². The number of aromatic carboxylic acids is 1. The average molecular weight is 346 g/mol. The predicted molar refractivity (Wildman–Crippen MR) is 94.5 cm³/mol. The number of hydrogen-bond acceptors (Lipinski definition) is 4. The molecule has 0 aliphatic heterocycles. The summed E-state index contributed by atoms with van der Waals surface area (Å²) >= 11 is 1.30. The molecule has 1 aromatic carbocycles. The molecule has 128 valence electrons. The highest BCUT2D eigenvalue weighted by atomic mass is 32.1. The van der Waals surface area contributed by atoms with E-state index in [9.17, 15) is 9.59 Å². The zero-order chi connectivity index (χ0) is 17.6. The van der Waals surface area contributed by atoms with Crippen molar-refractivity contribution in [1.82, 2.24) is 10.3 Å². The van der Waals surface area contributed by atoms with Gasteiger partial charge in [-0.15, -0.1) is 11.3 Å². The van der Waals surface area contributed by atoms with Crippen LogP contribution in [-0.2, 0) is 16.6 Å². The van der Waals surface area contributed by atoms with E-state index in [0.717, 1.165) is 11.4 Å². The zero-order valence-electron chi connectivity index (χ0n) is 13.9. The maximum absolute atomic E-state index is 12.0. The van der Waals surface area contributed by atoms with E-state index in [-0.39, 0.29) is 17.0 Å². The summed E-state index contributed by atoms with van der Waals surface area (Å²) in [6, 6.07) is 10.2. The molecule has 24 heavy (non-hydrogen) atoms. The number of rotatable bonds is 8. The lowest BCUT2D eigenvalue weighted by Crippen LogP contribution is -2.28. The van der Waals surface area contributed by atoms with Gasteiger partial charge in [-0.3, -0.25) is 4.79 Å². The van der Waals surface area contributed by atoms with E-state index >= 15 is 0 Å². The fourth-order valence-corrected chi connectivity index (χ4v) is 3.15. The topological polar surface area (TPSA) is 79.3 Å². The van der Waals surface area contributed by atoms with Crippen LogP contribution in [0, 0.1) is 0 Å². The smallest absolute Gasteiger partial charge is 0.355 e. The Balaban J connectivity index is 1.74. The highest BCUT2D eigenvalue weighted by molar-refractivity contribution is 7.09. The van der Waals surface area contributed by atoms with E-state index in [2.05, 4.69) is 36.3 Å². The molecule has 2 aromatic rings. The number of carboxylic acid groups (broad SMARTS) is 1. The molecule has 0 spiro atoms. The van der Waals surface area contributed by atoms with Crippen molar-refractivity contribution in [3.8, 4) is 0 Å². The predicted octanol–water partition coefficient (Wildman–Crippen LogP) is 3.26. The molecule has 2 N–H and O–H groups in total. The van der Waals surface area contributed by atoms with Gasteiger partial charge in [-0.2, -0.15) is 0 Å². The van der Waals surface area contributed by atoms with Crippen LogP contribution < -0.4 is 5.32 Å². The Kier molecular flexibility index (Phi) is 6.09. The van der Waals surface area contributed by atoms with Crippen molar-refractivity contribution in [3.05, 3.63) is 52.0 Å². The second kappa shape index (κ2) is 8.06. The van der Waals surface area contributed by atoms with E-state index < -0.39 is 5.97 Å². The number of benzene rings is 1. The van der Waals surface area contributed by atoms with E-state index in [1.807, 2.05) is 18.2 Å². The van der Waals surface area contributed by atoms with Gasteiger partial charge in [-0.1, -0.05) is 44.2 Å². The molecule has 1 heterocycles. The minimum atomic E-state index is -1.02. The van der Waals surface area contributed by atoms with Gasteiger partial charge in [0.1, 0.15) is 0 Å². The fraction of sp³-hybridized carbons (Fsp3) is 0.389. The Morgan fingerprint density at radius 2 is 1.96 bits per heavy atom. The first-order chi connectivity index (χ1) is 11.4. The summed E-state index contributed by atoms with van der Waals surface area (Å²) in [5.74, 6) is -1.02. The molecule has 0 unspecified atom stereocenters. The molecule has 0 saturated carbocycles. The van der Waals surface area contributed by atoms with Crippen molar-refractivity contribution in [2.45, 2.75) is 38.5 Å². The lowest BCUT2D eigenvalue weighted by atomic mass is 9.80. The minimum absolute atomic E-state index is 0.00835.